The van der Waals surface area contributed by atoms with Gasteiger partial charge in [-0.15, -0.1) is 0 Å². The van der Waals surface area contributed by atoms with Gasteiger partial charge in [-0.05, 0) is 6.42 Å². The fourth-order valence-corrected chi connectivity index (χ4v) is 3.79. The van der Waals surface area contributed by atoms with E-state index in [0.717, 1.165) is 19.3 Å². The van der Waals surface area contributed by atoms with E-state index in [9.17, 15) is 9.59 Å². The van der Waals surface area contributed by atoms with E-state index in [0.29, 0.717) is 32.3 Å². The molecule has 10 heteroatoms. The number of piperazine rings is 1. The number of rotatable bonds is 3. The molecule has 3 aliphatic heterocycles. The maximum atomic E-state index is 12.4. The van der Waals surface area contributed by atoms with Crippen LogP contribution in [0.1, 0.15) is 29.6 Å². The molecular formula is C16H21N5O5. The summed E-state index contributed by atoms with van der Waals surface area (Å²) in [5.41, 5.74) is 1.73. The number of fused-ring (bicyclic) bond motifs is 2. The zero-order valence-corrected chi connectivity index (χ0v) is 14.2. The molecule has 2 N–H and O–H groups in total. The van der Waals surface area contributed by atoms with Crippen molar-refractivity contribution in [3.05, 3.63) is 18.0 Å². The van der Waals surface area contributed by atoms with Gasteiger partial charge in [0.1, 0.15) is 6.10 Å². The topological polar surface area (TPSA) is 117 Å². The van der Waals surface area contributed by atoms with Gasteiger partial charge in [0, 0.05) is 38.3 Å². The molecule has 140 valence electrons. The second-order valence-electron chi connectivity index (χ2n) is 6.76. The van der Waals surface area contributed by atoms with Crippen LogP contribution >= 0.6 is 0 Å². The molecule has 2 atom stereocenters. The van der Waals surface area contributed by atoms with Crippen LogP contribution < -0.4 is 10.4 Å². The molecule has 26 heavy (non-hydrogen) atoms. The molecule has 1 aromatic heterocycles. The third-order valence-corrected chi connectivity index (χ3v) is 5.17. The molecule has 1 aromatic rings. The first-order valence-electron chi connectivity index (χ1n) is 8.74. The van der Waals surface area contributed by atoms with Crippen molar-refractivity contribution in [1.82, 2.24) is 20.3 Å². The number of hydrogen-bond donors (Lipinski definition) is 2. The van der Waals surface area contributed by atoms with Crippen LogP contribution in [0.5, 0.6) is 0 Å². The van der Waals surface area contributed by atoms with Crippen molar-refractivity contribution in [3.8, 4) is 0 Å². The minimum absolute atomic E-state index is 0.0555. The Balaban J connectivity index is 1.35. The number of nitrogens with zero attached hydrogens (tertiary/aromatic N) is 4. The standard InChI is InChI=1S/C16H21N5O5/c22-14(19-24)10-6-17-15(18-7-10)20-8-12-5-11(20)9-21(12)16(23)26-13-1-3-25-4-2-13/h6-7,11-13,24H,1-5,8-9H2,(H,19,22)/t11?,12-/m0/s1. The van der Waals surface area contributed by atoms with Gasteiger partial charge in [0.15, 0.2) is 0 Å². The molecule has 3 saturated heterocycles. The Morgan fingerprint density at radius 3 is 2.54 bits per heavy atom. The second kappa shape index (κ2) is 7.04. The highest BCUT2D eigenvalue weighted by Crippen LogP contribution is 2.33. The lowest BCUT2D eigenvalue weighted by Crippen LogP contribution is -2.50. The van der Waals surface area contributed by atoms with E-state index in [1.165, 1.54) is 12.4 Å². The number of amides is 2. The average Bonchev–Trinajstić information content (AvgIpc) is 3.29. The molecule has 0 spiro atoms. The maximum absolute atomic E-state index is 12.4. The van der Waals surface area contributed by atoms with Gasteiger partial charge in [-0.25, -0.2) is 20.2 Å². The molecule has 0 radical (unpaired) electrons. The molecule has 0 aromatic carbocycles. The molecule has 3 aliphatic rings. The number of likely N-dealkylation sites (tertiary alicyclic amines) is 1. The fraction of sp³-hybridized carbons (Fsp3) is 0.625. The maximum Gasteiger partial charge on any atom is 0.410 e. The summed E-state index contributed by atoms with van der Waals surface area (Å²) >= 11 is 0. The van der Waals surface area contributed by atoms with Crippen LogP contribution in [-0.2, 0) is 9.47 Å². The zero-order chi connectivity index (χ0) is 18.1. The third kappa shape index (κ3) is 3.17. The van der Waals surface area contributed by atoms with E-state index < -0.39 is 5.91 Å². The quantitative estimate of drug-likeness (QED) is 0.577. The van der Waals surface area contributed by atoms with Crippen LogP contribution in [0.2, 0.25) is 0 Å². The SMILES string of the molecule is O=C(NO)c1cnc(N2C[C@@H]3CC2CN3C(=O)OC2CCOCC2)nc1. The highest BCUT2D eigenvalue weighted by molar-refractivity contribution is 5.92. The van der Waals surface area contributed by atoms with Crippen LogP contribution in [0.3, 0.4) is 0 Å². The van der Waals surface area contributed by atoms with Crippen LogP contribution in [-0.4, -0.2) is 76.6 Å². The summed E-state index contributed by atoms with van der Waals surface area (Å²) in [6.45, 7) is 2.49. The number of ether oxygens (including phenoxy) is 2. The Bertz CT molecular complexity index is 678. The van der Waals surface area contributed by atoms with Gasteiger partial charge in [0.2, 0.25) is 5.95 Å². The minimum Gasteiger partial charge on any atom is -0.446 e. The van der Waals surface area contributed by atoms with E-state index in [1.54, 1.807) is 10.4 Å². The highest BCUT2D eigenvalue weighted by Gasteiger charge is 2.47. The summed E-state index contributed by atoms with van der Waals surface area (Å²) in [6.07, 6.45) is 4.79. The second-order valence-corrected chi connectivity index (χ2v) is 6.76. The number of aromatic nitrogens is 2. The summed E-state index contributed by atoms with van der Waals surface area (Å²) in [6, 6.07) is 0.219. The monoisotopic (exact) mass is 363 g/mol. The number of carbonyl (C=O) groups is 2. The molecule has 0 aliphatic carbocycles. The number of hydroxylamine groups is 1. The molecule has 0 saturated carbocycles. The van der Waals surface area contributed by atoms with E-state index in [-0.39, 0.29) is 29.8 Å². The van der Waals surface area contributed by atoms with Crippen molar-refractivity contribution in [2.45, 2.75) is 37.5 Å². The fourth-order valence-electron chi connectivity index (χ4n) is 3.79. The number of carbonyl (C=O) groups excluding carboxylic acids is 2. The van der Waals surface area contributed by atoms with Gasteiger partial charge < -0.3 is 19.3 Å². The first-order valence-corrected chi connectivity index (χ1v) is 8.74. The molecular weight excluding hydrogens is 342 g/mol. The molecule has 2 bridgehead atoms. The zero-order valence-electron chi connectivity index (χ0n) is 14.2. The first kappa shape index (κ1) is 17.0. The first-order chi connectivity index (χ1) is 12.7. The number of hydrogen-bond acceptors (Lipinski definition) is 8. The van der Waals surface area contributed by atoms with Crippen LogP contribution in [0, 0.1) is 0 Å². The molecule has 10 nitrogen and oxygen atoms in total. The lowest BCUT2D eigenvalue weighted by molar-refractivity contribution is -0.0118. The van der Waals surface area contributed by atoms with Gasteiger partial charge in [-0.2, -0.15) is 0 Å². The Morgan fingerprint density at radius 1 is 1.19 bits per heavy atom. The third-order valence-electron chi connectivity index (χ3n) is 5.17. The van der Waals surface area contributed by atoms with Crippen molar-refractivity contribution in [2.24, 2.45) is 0 Å². The van der Waals surface area contributed by atoms with Crippen molar-refractivity contribution in [1.29, 1.82) is 0 Å². The van der Waals surface area contributed by atoms with Gasteiger partial charge in [0.05, 0.1) is 30.9 Å². The molecule has 4 rings (SSSR count). The Kier molecular flexibility index (Phi) is 4.60. The van der Waals surface area contributed by atoms with Crippen molar-refractivity contribution in [2.75, 3.05) is 31.2 Å². The summed E-state index contributed by atoms with van der Waals surface area (Å²) in [7, 11) is 0. The van der Waals surface area contributed by atoms with E-state index in [2.05, 4.69) is 9.97 Å². The summed E-state index contributed by atoms with van der Waals surface area (Å²) < 4.78 is 10.9. The van der Waals surface area contributed by atoms with Crippen LogP contribution in [0.4, 0.5) is 10.7 Å². The van der Waals surface area contributed by atoms with E-state index in [4.69, 9.17) is 14.7 Å². The van der Waals surface area contributed by atoms with Crippen LogP contribution in [0.15, 0.2) is 12.4 Å². The lowest BCUT2D eigenvalue weighted by atomic mass is 10.2. The van der Waals surface area contributed by atoms with E-state index >= 15 is 0 Å². The van der Waals surface area contributed by atoms with Gasteiger partial charge >= 0.3 is 6.09 Å². The number of nitrogens with one attached hydrogen (secondary N) is 1. The molecule has 3 fully saturated rings. The highest BCUT2D eigenvalue weighted by atomic mass is 16.6. The van der Waals surface area contributed by atoms with Gasteiger partial charge in [-0.3, -0.25) is 10.0 Å². The van der Waals surface area contributed by atoms with Crippen molar-refractivity contribution in [3.63, 3.8) is 0 Å². The van der Waals surface area contributed by atoms with Crippen LogP contribution in [0.25, 0.3) is 0 Å². The Labute approximate surface area is 150 Å². The van der Waals surface area contributed by atoms with E-state index in [1.807, 2.05) is 4.90 Å². The number of anilines is 1. The molecule has 2 amide bonds. The summed E-state index contributed by atoms with van der Waals surface area (Å²) in [5, 5.41) is 8.63. The summed E-state index contributed by atoms with van der Waals surface area (Å²) in [5.74, 6) is -0.133. The predicted octanol–water partition coefficient (Wildman–Crippen LogP) is 0.174. The Morgan fingerprint density at radius 2 is 1.92 bits per heavy atom. The van der Waals surface area contributed by atoms with Gasteiger partial charge in [0.25, 0.3) is 5.91 Å². The minimum atomic E-state index is -0.651. The predicted molar refractivity (Wildman–Crippen MR) is 87.9 cm³/mol. The molecule has 1 unspecified atom stereocenters. The average molecular weight is 363 g/mol. The lowest BCUT2D eigenvalue weighted by Gasteiger charge is -2.34. The Hall–Kier alpha value is -2.46. The summed E-state index contributed by atoms with van der Waals surface area (Å²) in [4.78, 5) is 36.0. The normalized spacial score (nSPS) is 25.4. The largest absolute Gasteiger partial charge is 0.446 e. The van der Waals surface area contributed by atoms with Crippen molar-refractivity contribution >= 4 is 17.9 Å². The smallest absolute Gasteiger partial charge is 0.410 e. The van der Waals surface area contributed by atoms with Crippen molar-refractivity contribution < 1.29 is 24.3 Å². The van der Waals surface area contributed by atoms with Gasteiger partial charge in [-0.1, -0.05) is 0 Å². The molecule has 4 heterocycles.